The molecule has 18 aromatic carbocycles. The second-order valence-electron chi connectivity index (χ2n) is 24.8. The maximum absolute atomic E-state index is 2.30. The minimum atomic E-state index is 1.31. The molecule has 0 saturated carbocycles. The van der Waals surface area contributed by atoms with Gasteiger partial charge in [0.2, 0.25) is 0 Å². The van der Waals surface area contributed by atoms with E-state index in [9.17, 15) is 0 Å². The molecule has 0 aromatic heterocycles. The fourth-order valence-corrected chi connectivity index (χ4v) is 15.2. The lowest BCUT2D eigenvalue weighted by Crippen LogP contribution is -1.85. The third kappa shape index (κ3) is 21.2. The van der Waals surface area contributed by atoms with Gasteiger partial charge in [0.15, 0.2) is 0 Å². The predicted molar refractivity (Wildman–Crippen MR) is 533 cm³/mol. The number of rotatable bonds is 0. The lowest BCUT2D eigenvalue weighted by Gasteiger charge is -2.11. The lowest BCUT2D eigenvalue weighted by molar-refractivity contribution is 1.48. The number of hydrogen-bond donors (Lipinski definition) is 0. The van der Waals surface area contributed by atoms with Crippen molar-refractivity contribution >= 4 is 118 Å². The van der Waals surface area contributed by atoms with Crippen molar-refractivity contribution in [3.05, 3.63) is 337 Å². The van der Waals surface area contributed by atoms with Crippen molar-refractivity contribution in [1.29, 1.82) is 0 Å². The Bertz CT molecular complexity index is 5800. The van der Waals surface area contributed by atoms with Crippen molar-refractivity contribution in [1.82, 2.24) is 0 Å². The zero-order valence-corrected chi connectivity index (χ0v) is 75.9. The van der Waals surface area contributed by atoms with E-state index < -0.39 is 0 Å². The summed E-state index contributed by atoms with van der Waals surface area (Å²) in [5.74, 6) is 0. The maximum Gasteiger partial charge on any atom is -0.00263 e. The van der Waals surface area contributed by atoms with E-state index in [2.05, 4.69) is 344 Å². The number of aryl methyl sites for hydroxylation is 5. The molecular weight excluding hydrogens is 1380 g/mol. The number of benzene rings is 18. The Morgan fingerprint density at radius 3 is 0.904 bits per heavy atom. The average molecular weight is 1520 g/mol. The highest BCUT2D eigenvalue weighted by atomic mass is 14.3. The Morgan fingerprint density at radius 2 is 0.417 bits per heavy atom. The van der Waals surface area contributed by atoms with E-state index >= 15 is 0 Å². The number of hydrogen-bond acceptors (Lipinski definition) is 0. The normalized spacial score (nSPS) is 9.78. The maximum atomic E-state index is 2.30. The minimum Gasteiger partial charge on any atom is -0.0683 e. The molecule has 0 atom stereocenters. The topological polar surface area (TPSA) is 0 Å². The summed E-state index contributed by atoms with van der Waals surface area (Å²) in [7, 11) is 0. The molecule has 0 nitrogen and oxygen atoms in total. The van der Waals surface area contributed by atoms with E-state index in [1.807, 2.05) is 166 Å². The summed E-state index contributed by atoms with van der Waals surface area (Å²) in [5.41, 5.74) is 17.8. The first kappa shape index (κ1) is 96.2. The lowest BCUT2D eigenvalue weighted by atomic mass is 9.92. The molecule has 2 aliphatic carbocycles. The van der Waals surface area contributed by atoms with Crippen LogP contribution in [0.1, 0.15) is 194 Å². The van der Waals surface area contributed by atoms with Gasteiger partial charge in [0.25, 0.3) is 0 Å². The van der Waals surface area contributed by atoms with Crippen LogP contribution in [-0.2, 0) is 0 Å². The van der Waals surface area contributed by atoms with Crippen molar-refractivity contribution in [2.45, 2.75) is 201 Å². The van der Waals surface area contributed by atoms with Crippen LogP contribution >= 0.6 is 0 Å². The van der Waals surface area contributed by atoms with Crippen molar-refractivity contribution in [3.8, 4) is 44.5 Å². The first-order chi connectivity index (χ1) is 56.8. The van der Waals surface area contributed by atoms with E-state index in [0.717, 1.165) is 0 Å². The van der Waals surface area contributed by atoms with Gasteiger partial charge in [-0.2, -0.15) is 0 Å². The molecule has 0 spiro atoms. The highest BCUT2D eigenvalue weighted by molar-refractivity contribution is 6.27. The second-order valence-corrected chi connectivity index (χ2v) is 24.8. The monoisotopic (exact) mass is 1520 g/mol. The molecule has 0 radical (unpaired) electrons. The molecule has 115 heavy (non-hydrogen) atoms. The third-order valence-electron chi connectivity index (χ3n) is 19.2. The molecule has 0 unspecified atom stereocenters. The van der Waals surface area contributed by atoms with Gasteiger partial charge in [-0.15, -0.1) is 0 Å². The van der Waals surface area contributed by atoms with Gasteiger partial charge in [0, 0.05) is 0 Å². The fraction of sp³-hybridized carbons (Fsp3) is 0.252. The molecule has 0 saturated heterocycles. The summed E-state index contributed by atoms with van der Waals surface area (Å²) >= 11 is 0. The summed E-state index contributed by atoms with van der Waals surface area (Å²) in [6.45, 7) is 58.9. The zero-order valence-electron chi connectivity index (χ0n) is 75.9. The van der Waals surface area contributed by atoms with Crippen molar-refractivity contribution in [2.24, 2.45) is 0 Å². The molecule has 18 aromatic rings. The Kier molecular flexibility index (Phi) is 42.5. The Hall–Kier alpha value is -11.2. The largest absolute Gasteiger partial charge is 0.0683 e. The van der Waals surface area contributed by atoms with Crippen LogP contribution in [0.5, 0.6) is 0 Å². The van der Waals surface area contributed by atoms with Gasteiger partial charge >= 0.3 is 0 Å². The molecule has 0 N–H and O–H groups in total. The SMILES string of the molecule is CC.CC.CC.CC.CC.CC.CC.CC.CC.CC.CC.CC.Cc1cc2ccccc2c2ccc3ccccc3c12.Cc1ccc2c(c1)-c1cccc3cccc-2c13.Cc1ccc2c3ccccc3c3ccccc3c2c1.Cc1cccc2c1-c1cccc3cccc-2c13.Cc1cccc2c3ccccc3c3ccccc3c12. The Labute approximate surface area is 696 Å². The molecule has 20 rings (SSSR count). The molecule has 0 heterocycles. The average Bonchev–Trinajstić information content (AvgIpc) is 1.43. The van der Waals surface area contributed by atoms with E-state index in [4.69, 9.17) is 0 Å². The second kappa shape index (κ2) is 50.8. The van der Waals surface area contributed by atoms with Crippen LogP contribution in [0.2, 0.25) is 0 Å². The summed E-state index contributed by atoms with van der Waals surface area (Å²) in [6.07, 6.45) is 0. The minimum absolute atomic E-state index is 1.31. The molecular formula is C115H138. The first-order valence-electron chi connectivity index (χ1n) is 43.9. The molecule has 0 aliphatic heterocycles. The van der Waals surface area contributed by atoms with E-state index in [1.165, 1.54) is 191 Å². The van der Waals surface area contributed by atoms with E-state index in [1.54, 1.807) is 0 Å². The van der Waals surface area contributed by atoms with Gasteiger partial charge in [0.05, 0.1) is 0 Å². The van der Waals surface area contributed by atoms with Crippen molar-refractivity contribution < 1.29 is 0 Å². The summed E-state index contributed by atoms with van der Waals surface area (Å²) in [5, 5.41) is 29.8. The van der Waals surface area contributed by atoms with E-state index in [0.29, 0.717) is 0 Å². The molecule has 0 fully saturated rings. The van der Waals surface area contributed by atoms with Gasteiger partial charge in [-0.05, 0) is 214 Å². The van der Waals surface area contributed by atoms with Gasteiger partial charge < -0.3 is 0 Å². The van der Waals surface area contributed by atoms with Gasteiger partial charge in [-0.1, -0.05) is 487 Å². The summed E-state index contributed by atoms with van der Waals surface area (Å²) < 4.78 is 0. The third-order valence-corrected chi connectivity index (χ3v) is 19.2. The van der Waals surface area contributed by atoms with Crippen LogP contribution in [0.4, 0.5) is 0 Å². The smallest absolute Gasteiger partial charge is 0.00263 e. The van der Waals surface area contributed by atoms with Crippen LogP contribution in [0.15, 0.2) is 309 Å². The zero-order chi connectivity index (χ0) is 85.3. The molecule has 0 bridgehead atoms. The van der Waals surface area contributed by atoms with Gasteiger partial charge in [-0.3, -0.25) is 0 Å². The Balaban J connectivity index is 0.000000284. The van der Waals surface area contributed by atoms with Gasteiger partial charge in [-0.25, -0.2) is 0 Å². The van der Waals surface area contributed by atoms with Crippen LogP contribution in [0.3, 0.4) is 0 Å². The van der Waals surface area contributed by atoms with Crippen LogP contribution in [-0.4, -0.2) is 0 Å². The van der Waals surface area contributed by atoms with Crippen LogP contribution < -0.4 is 0 Å². The predicted octanol–water partition coefficient (Wildman–Crippen LogP) is 38.3. The number of fused-ring (bicyclic) bond motifs is 23. The van der Waals surface area contributed by atoms with E-state index in [-0.39, 0.29) is 0 Å². The standard InChI is InChI=1S/3C19H14.2C17H12.12C2H6/c1-13-12-15-7-3-4-8-16(15)18-11-10-14-6-2-5-9-17(14)19(13)18;1-13-7-6-12-18-16-9-3-2-8-14(16)15-10-4-5-11-17(15)19(13)18;1-13-10-11-18-16-8-3-2-6-14(16)15-7-4-5-9-17(15)19(18)12-13;1-11-5-2-8-13-14-9-3-6-12-7-4-10-15(16(11)13)17(12)14;1-11-8-9-13-14-6-2-4-12-5-3-7-15(17(12)14)16(13)10-11;12*1-2/h3*2-12H,1H3;2*2-10H,1H3;12*1-2H3. The molecule has 0 heteroatoms. The van der Waals surface area contributed by atoms with Crippen LogP contribution in [0, 0.1) is 34.6 Å². The van der Waals surface area contributed by atoms with Crippen molar-refractivity contribution in [3.63, 3.8) is 0 Å². The van der Waals surface area contributed by atoms with Gasteiger partial charge in [0.1, 0.15) is 0 Å². The highest BCUT2D eigenvalue weighted by Gasteiger charge is 2.23. The molecule has 0 amide bonds. The summed E-state index contributed by atoms with van der Waals surface area (Å²) in [6, 6.07) is 112. The van der Waals surface area contributed by atoms with Crippen molar-refractivity contribution in [2.75, 3.05) is 0 Å². The first-order valence-corrected chi connectivity index (χ1v) is 43.9. The van der Waals surface area contributed by atoms with Crippen LogP contribution in [0.25, 0.3) is 163 Å². The summed E-state index contributed by atoms with van der Waals surface area (Å²) in [4.78, 5) is 0. The quantitative estimate of drug-likeness (QED) is 0.133. The fourth-order valence-electron chi connectivity index (χ4n) is 15.2. The Morgan fingerprint density at radius 1 is 0.130 bits per heavy atom. The highest BCUT2D eigenvalue weighted by Crippen LogP contribution is 2.50. The molecule has 2 aliphatic rings. The molecule has 598 valence electrons.